The molecule has 0 aromatic carbocycles. The number of carbonyl (C=O) groups excluding carboxylic acids is 1. The van der Waals surface area contributed by atoms with Gasteiger partial charge in [-0.05, 0) is 49.8 Å². The van der Waals surface area contributed by atoms with E-state index in [1.54, 1.807) is 23.1 Å². The van der Waals surface area contributed by atoms with Gasteiger partial charge in [0.25, 0.3) is 5.91 Å². The maximum atomic E-state index is 12.4. The number of fused-ring (bicyclic) bond motifs is 1. The molecular formula is C21H25N5O3. The highest BCUT2D eigenvalue weighted by molar-refractivity contribution is 6.04. The van der Waals surface area contributed by atoms with Crippen LogP contribution in [0.25, 0.3) is 10.9 Å². The van der Waals surface area contributed by atoms with Crippen molar-refractivity contribution in [3.05, 3.63) is 47.7 Å². The van der Waals surface area contributed by atoms with E-state index in [9.17, 15) is 4.79 Å². The number of aliphatic hydroxyl groups excluding tert-OH is 1. The number of nitrogens with zero attached hydrogens (tertiary/aromatic N) is 4. The highest BCUT2D eigenvalue weighted by atomic mass is 16.5. The Labute approximate surface area is 168 Å². The summed E-state index contributed by atoms with van der Waals surface area (Å²) in [6, 6.07) is 3.79. The fraction of sp³-hybridized carbons (Fsp3) is 0.429. The van der Waals surface area contributed by atoms with E-state index >= 15 is 0 Å². The molecule has 1 aliphatic carbocycles. The molecule has 1 saturated carbocycles. The Kier molecular flexibility index (Phi) is 5.71. The molecule has 0 unspecified atom stereocenters. The van der Waals surface area contributed by atoms with Crippen molar-refractivity contribution in [3.8, 4) is 5.75 Å². The van der Waals surface area contributed by atoms with Crippen molar-refractivity contribution in [2.45, 2.75) is 32.7 Å². The molecule has 29 heavy (non-hydrogen) atoms. The number of aromatic nitrogens is 4. The molecule has 152 valence electrons. The Hall–Kier alpha value is -3.00. The van der Waals surface area contributed by atoms with Crippen molar-refractivity contribution in [1.29, 1.82) is 0 Å². The number of amides is 1. The van der Waals surface area contributed by atoms with Gasteiger partial charge in [0.2, 0.25) is 0 Å². The van der Waals surface area contributed by atoms with Crippen LogP contribution in [-0.2, 0) is 6.54 Å². The molecule has 1 fully saturated rings. The third-order valence-corrected chi connectivity index (χ3v) is 4.93. The maximum Gasteiger partial charge on any atom is 0.270 e. The number of pyridine rings is 2. The fourth-order valence-corrected chi connectivity index (χ4v) is 3.12. The van der Waals surface area contributed by atoms with Crippen LogP contribution in [0.4, 0.5) is 0 Å². The van der Waals surface area contributed by atoms with Gasteiger partial charge < -0.3 is 15.2 Å². The SMILES string of the molecule is Cc1cc(Cn2cc3c(C(=O)NCCCO)nccc3n2)ncc1OCC1CC1. The fourth-order valence-electron chi connectivity index (χ4n) is 3.12. The molecule has 8 heteroatoms. The van der Waals surface area contributed by atoms with Crippen molar-refractivity contribution >= 4 is 16.8 Å². The van der Waals surface area contributed by atoms with E-state index in [0.717, 1.165) is 23.6 Å². The highest BCUT2D eigenvalue weighted by Gasteiger charge is 2.22. The van der Waals surface area contributed by atoms with Crippen LogP contribution in [-0.4, -0.2) is 50.5 Å². The predicted molar refractivity (Wildman–Crippen MR) is 108 cm³/mol. The van der Waals surface area contributed by atoms with Crippen molar-refractivity contribution in [2.75, 3.05) is 19.8 Å². The first kappa shape index (κ1) is 19.3. The van der Waals surface area contributed by atoms with Gasteiger partial charge in [0.05, 0.1) is 35.9 Å². The van der Waals surface area contributed by atoms with E-state index in [0.29, 0.717) is 42.0 Å². The third kappa shape index (κ3) is 4.71. The van der Waals surface area contributed by atoms with E-state index in [2.05, 4.69) is 20.4 Å². The Morgan fingerprint density at radius 3 is 3.00 bits per heavy atom. The molecule has 3 heterocycles. The predicted octanol–water partition coefficient (Wildman–Crippen LogP) is 2.08. The summed E-state index contributed by atoms with van der Waals surface area (Å²) in [7, 11) is 0. The summed E-state index contributed by atoms with van der Waals surface area (Å²) in [5.74, 6) is 1.27. The molecule has 2 N–H and O–H groups in total. The molecule has 0 aliphatic heterocycles. The second-order valence-electron chi connectivity index (χ2n) is 7.45. The largest absolute Gasteiger partial charge is 0.491 e. The standard InChI is InChI=1S/C21H25N5O3/c1-14-9-16(24-10-19(14)29-13-15-3-4-15)11-26-12-17-18(25-26)5-7-22-20(17)21(28)23-6-2-8-27/h5,7,9-10,12,15,27H,2-4,6,8,11,13H2,1H3,(H,23,28). The van der Waals surface area contributed by atoms with E-state index in [1.165, 1.54) is 12.8 Å². The lowest BCUT2D eigenvalue weighted by Crippen LogP contribution is -2.26. The normalized spacial score (nSPS) is 13.6. The Morgan fingerprint density at radius 2 is 2.24 bits per heavy atom. The van der Waals surface area contributed by atoms with Crippen LogP contribution in [0, 0.1) is 12.8 Å². The lowest BCUT2D eigenvalue weighted by molar-refractivity contribution is 0.0948. The van der Waals surface area contributed by atoms with Gasteiger partial charge in [-0.2, -0.15) is 5.10 Å². The number of nitrogens with one attached hydrogen (secondary N) is 1. The second-order valence-corrected chi connectivity index (χ2v) is 7.45. The van der Waals surface area contributed by atoms with Crippen molar-refractivity contribution in [2.24, 2.45) is 5.92 Å². The number of hydrogen-bond acceptors (Lipinski definition) is 6. The van der Waals surface area contributed by atoms with Gasteiger partial charge in [0.15, 0.2) is 0 Å². The van der Waals surface area contributed by atoms with Gasteiger partial charge in [-0.3, -0.25) is 19.4 Å². The van der Waals surface area contributed by atoms with Crippen LogP contribution in [0.15, 0.2) is 30.7 Å². The summed E-state index contributed by atoms with van der Waals surface area (Å²) in [4.78, 5) is 21.1. The summed E-state index contributed by atoms with van der Waals surface area (Å²) in [6.07, 6.45) is 8.19. The lowest BCUT2D eigenvalue weighted by atomic mass is 10.2. The van der Waals surface area contributed by atoms with Crippen LogP contribution in [0.1, 0.15) is 41.0 Å². The smallest absolute Gasteiger partial charge is 0.270 e. The molecule has 8 nitrogen and oxygen atoms in total. The highest BCUT2D eigenvalue weighted by Crippen LogP contribution is 2.30. The molecular weight excluding hydrogens is 370 g/mol. The van der Waals surface area contributed by atoms with Crippen molar-refractivity contribution in [1.82, 2.24) is 25.1 Å². The summed E-state index contributed by atoms with van der Waals surface area (Å²) in [5, 5.41) is 16.9. The average Bonchev–Trinajstić information content (AvgIpc) is 3.44. The van der Waals surface area contributed by atoms with Crippen LogP contribution in [0.2, 0.25) is 0 Å². The maximum absolute atomic E-state index is 12.4. The van der Waals surface area contributed by atoms with Gasteiger partial charge in [0, 0.05) is 25.5 Å². The van der Waals surface area contributed by atoms with Crippen molar-refractivity contribution < 1.29 is 14.6 Å². The van der Waals surface area contributed by atoms with Gasteiger partial charge in [-0.15, -0.1) is 0 Å². The van der Waals surface area contributed by atoms with Crippen LogP contribution >= 0.6 is 0 Å². The van der Waals surface area contributed by atoms with Crippen LogP contribution in [0.3, 0.4) is 0 Å². The van der Waals surface area contributed by atoms with E-state index in [4.69, 9.17) is 9.84 Å². The Bertz CT molecular complexity index is 1010. The number of aryl methyl sites for hydroxylation is 1. The summed E-state index contributed by atoms with van der Waals surface area (Å²) in [6.45, 7) is 3.71. The second kappa shape index (κ2) is 8.57. The number of rotatable bonds is 9. The summed E-state index contributed by atoms with van der Waals surface area (Å²) >= 11 is 0. The number of aliphatic hydroxyl groups is 1. The third-order valence-electron chi connectivity index (χ3n) is 4.93. The minimum Gasteiger partial charge on any atom is -0.491 e. The van der Waals surface area contributed by atoms with Gasteiger partial charge in [0.1, 0.15) is 11.4 Å². The van der Waals surface area contributed by atoms with Gasteiger partial charge in [-0.25, -0.2) is 0 Å². The first-order valence-electron chi connectivity index (χ1n) is 9.93. The summed E-state index contributed by atoms with van der Waals surface area (Å²) in [5.41, 5.74) is 2.96. The zero-order chi connectivity index (χ0) is 20.2. The zero-order valence-electron chi connectivity index (χ0n) is 16.5. The van der Waals surface area contributed by atoms with Crippen molar-refractivity contribution in [3.63, 3.8) is 0 Å². The van der Waals surface area contributed by atoms with Crippen LogP contribution in [0.5, 0.6) is 5.75 Å². The van der Waals surface area contributed by atoms with Crippen LogP contribution < -0.4 is 10.1 Å². The van der Waals surface area contributed by atoms with Gasteiger partial charge in [-0.1, -0.05) is 0 Å². The number of carbonyl (C=O) groups is 1. The molecule has 0 spiro atoms. The molecule has 0 bridgehead atoms. The molecule has 0 radical (unpaired) electrons. The Morgan fingerprint density at radius 1 is 1.38 bits per heavy atom. The first-order chi connectivity index (χ1) is 14.1. The molecule has 1 amide bonds. The molecule has 1 aliphatic rings. The summed E-state index contributed by atoms with van der Waals surface area (Å²) < 4.78 is 7.61. The monoisotopic (exact) mass is 395 g/mol. The first-order valence-corrected chi connectivity index (χ1v) is 9.93. The van der Waals surface area contributed by atoms with Gasteiger partial charge >= 0.3 is 0 Å². The van der Waals surface area contributed by atoms with E-state index < -0.39 is 0 Å². The molecule has 0 saturated heterocycles. The number of hydrogen-bond donors (Lipinski definition) is 2. The molecule has 3 aromatic rings. The average molecular weight is 395 g/mol. The quantitative estimate of drug-likeness (QED) is 0.538. The molecule has 0 atom stereocenters. The zero-order valence-corrected chi connectivity index (χ0v) is 16.5. The minimum atomic E-state index is -0.269. The Balaban J connectivity index is 1.48. The van der Waals surface area contributed by atoms with E-state index in [-0.39, 0.29) is 12.5 Å². The number of ether oxygens (including phenoxy) is 1. The topological polar surface area (TPSA) is 102 Å². The molecule has 3 aromatic heterocycles. The van der Waals surface area contributed by atoms with E-state index in [1.807, 2.05) is 19.2 Å². The molecule has 4 rings (SSSR count). The lowest BCUT2D eigenvalue weighted by Gasteiger charge is -2.09. The minimum absolute atomic E-state index is 0.0344.